The Morgan fingerprint density at radius 1 is 1.12 bits per heavy atom. The van der Waals surface area contributed by atoms with Crippen LogP contribution in [0.4, 0.5) is 10.5 Å². The zero-order chi connectivity index (χ0) is 17.8. The van der Waals surface area contributed by atoms with Gasteiger partial charge in [0.05, 0.1) is 5.69 Å². The van der Waals surface area contributed by atoms with E-state index in [2.05, 4.69) is 10.7 Å². The van der Waals surface area contributed by atoms with Crippen LogP contribution in [-0.4, -0.2) is 35.9 Å². The third-order valence-corrected chi connectivity index (χ3v) is 4.44. The first-order chi connectivity index (χ1) is 12.1. The Labute approximate surface area is 146 Å². The van der Waals surface area contributed by atoms with Gasteiger partial charge < -0.3 is 5.43 Å². The summed E-state index contributed by atoms with van der Waals surface area (Å²) in [6.45, 7) is 3.50. The van der Waals surface area contributed by atoms with Gasteiger partial charge in [-0.2, -0.15) is 0 Å². The van der Waals surface area contributed by atoms with E-state index in [4.69, 9.17) is 0 Å². The molecule has 1 aromatic rings. The largest absolute Gasteiger partial charge is 0.335 e. The van der Waals surface area contributed by atoms with Crippen molar-refractivity contribution in [2.45, 2.75) is 26.2 Å². The molecular formula is C18H22N4O3. The third-order valence-electron chi connectivity index (χ3n) is 4.44. The lowest BCUT2D eigenvalue weighted by atomic mass is 9.99. The van der Waals surface area contributed by atoms with Crippen LogP contribution in [0.15, 0.2) is 42.1 Å². The van der Waals surface area contributed by atoms with Crippen LogP contribution < -0.4 is 15.6 Å². The minimum absolute atomic E-state index is 0.441. The number of para-hydroxylation sites is 1. The van der Waals surface area contributed by atoms with Crippen molar-refractivity contribution in [2.75, 3.05) is 18.0 Å². The summed E-state index contributed by atoms with van der Waals surface area (Å²) in [5, 5.41) is 4.30. The number of barbiturate groups is 1. The van der Waals surface area contributed by atoms with Crippen molar-refractivity contribution in [3.63, 3.8) is 0 Å². The van der Waals surface area contributed by atoms with Crippen molar-refractivity contribution in [3.05, 3.63) is 42.1 Å². The number of hydrazine groups is 1. The highest BCUT2D eigenvalue weighted by atomic mass is 16.2. The fourth-order valence-corrected chi connectivity index (χ4v) is 3.15. The maximum atomic E-state index is 12.9. The zero-order valence-electron chi connectivity index (χ0n) is 14.2. The van der Waals surface area contributed by atoms with Crippen molar-refractivity contribution in [2.24, 2.45) is 5.92 Å². The van der Waals surface area contributed by atoms with Gasteiger partial charge >= 0.3 is 6.03 Å². The monoisotopic (exact) mass is 342 g/mol. The van der Waals surface area contributed by atoms with Crippen molar-refractivity contribution in [3.8, 4) is 0 Å². The Bertz CT molecular complexity index is 696. The number of imide groups is 2. The van der Waals surface area contributed by atoms with Crippen LogP contribution in [0.3, 0.4) is 0 Å². The first kappa shape index (κ1) is 17.2. The van der Waals surface area contributed by atoms with Crippen LogP contribution >= 0.6 is 0 Å². The van der Waals surface area contributed by atoms with E-state index in [1.165, 1.54) is 6.42 Å². The number of hydrogen-bond acceptors (Lipinski definition) is 5. The molecule has 2 aliphatic rings. The fraction of sp³-hybridized carbons (Fsp3) is 0.389. The number of piperidine rings is 1. The van der Waals surface area contributed by atoms with Gasteiger partial charge in [-0.1, -0.05) is 30.7 Å². The Morgan fingerprint density at radius 3 is 2.44 bits per heavy atom. The molecule has 2 saturated heterocycles. The highest BCUT2D eigenvalue weighted by molar-refractivity contribution is 6.28. The Hall–Kier alpha value is -2.67. The number of carbonyl (C=O) groups excluding carboxylic acids is 3. The molecule has 2 aliphatic heterocycles. The van der Waals surface area contributed by atoms with Gasteiger partial charge in [-0.25, -0.2) is 14.7 Å². The maximum Gasteiger partial charge on any atom is 0.335 e. The molecule has 0 aliphatic carbocycles. The molecule has 0 spiro atoms. The molecule has 0 saturated carbocycles. The Morgan fingerprint density at radius 2 is 1.80 bits per heavy atom. The van der Waals surface area contributed by atoms with E-state index in [0.29, 0.717) is 11.4 Å². The second-order valence-corrected chi connectivity index (χ2v) is 6.14. The molecule has 3 rings (SSSR count). The molecule has 132 valence electrons. The zero-order valence-corrected chi connectivity index (χ0v) is 14.2. The summed E-state index contributed by atoms with van der Waals surface area (Å²) < 4.78 is 0. The number of hydrogen-bond donors (Lipinski definition) is 2. The summed E-state index contributed by atoms with van der Waals surface area (Å²) in [7, 11) is 0. The number of benzene rings is 1. The van der Waals surface area contributed by atoms with Crippen LogP contribution in [0.5, 0.6) is 0 Å². The Kier molecular flexibility index (Phi) is 5.14. The maximum absolute atomic E-state index is 12.9. The smallest absolute Gasteiger partial charge is 0.322 e. The van der Waals surface area contributed by atoms with Gasteiger partial charge in [0, 0.05) is 18.8 Å². The van der Waals surface area contributed by atoms with Gasteiger partial charge in [-0.15, -0.1) is 0 Å². The Balaban J connectivity index is 1.84. The van der Waals surface area contributed by atoms with Gasteiger partial charge in [-0.3, -0.25) is 14.9 Å². The highest BCUT2D eigenvalue weighted by Gasteiger charge is 2.43. The molecular weight excluding hydrogens is 320 g/mol. The van der Waals surface area contributed by atoms with Gasteiger partial charge in [0.2, 0.25) is 5.91 Å². The fourth-order valence-electron chi connectivity index (χ4n) is 3.15. The normalized spacial score (nSPS) is 22.8. The average molecular weight is 342 g/mol. The minimum Gasteiger partial charge on any atom is -0.322 e. The number of nitrogens with one attached hydrogen (secondary N) is 2. The summed E-state index contributed by atoms with van der Waals surface area (Å²) in [4.78, 5) is 38.5. The lowest BCUT2D eigenvalue weighted by Gasteiger charge is -2.35. The molecule has 2 N–H and O–H groups in total. The molecule has 0 bridgehead atoms. The van der Waals surface area contributed by atoms with E-state index in [0.717, 1.165) is 30.8 Å². The summed E-state index contributed by atoms with van der Waals surface area (Å²) in [6, 6.07) is 7.89. The van der Waals surface area contributed by atoms with E-state index in [1.807, 2.05) is 5.01 Å². The second kappa shape index (κ2) is 7.48. The van der Waals surface area contributed by atoms with Crippen molar-refractivity contribution in [1.82, 2.24) is 15.8 Å². The van der Waals surface area contributed by atoms with E-state index in [9.17, 15) is 14.4 Å². The number of rotatable bonds is 4. The van der Waals surface area contributed by atoms with E-state index in [-0.39, 0.29) is 0 Å². The van der Waals surface area contributed by atoms with E-state index < -0.39 is 23.8 Å². The molecule has 2 heterocycles. The number of amides is 4. The number of urea groups is 1. The van der Waals surface area contributed by atoms with Crippen LogP contribution in [-0.2, 0) is 9.59 Å². The van der Waals surface area contributed by atoms with Crippen LogP contribution in [0, 0.1) is 5.92 Å². The SMILES string of the molecule is C/C=C(/NN1CCCCC1)[C@@H]1C(=O)NC(=O)N(c2ccccc2)C1=O. The molecule has 0 unspecified atom stereocenters. The molecule has 7 heteroatoms. The standard InChI is InChI=1S/C18H22N4O3/c1-2-14(20-21-11-7-4-8-12-21)15-16(23)19-18(25)22(17(15)24)13-9-5-3-6-10-13/h2-3,5-6,9-10,15,20H,4,7-8,11-12H2,1H3,(H,19,23,25)/b14-2+/t15-/m1/s1. The second-order valence-electron chi connectivity index (χ2n) is 6.14. The molecule has 4 amide bonds. The van der Waals surface area contributed by atoms with Gasteiger partial charge in [-0.05, 0) is 31.9 Å². The number of nitrogens with zero attached hydrogens (tertiary/aromatic N) is 2. The van der Waals surface area contributed by atoms with Crippen LogP contribution in [0.25, 0.3) is 0 Å². The first-order valence-electron chi connectivity index (χ1n) is 8.53. The van der Waals surface area contributed by atoms with Crippen molar-refractivity contribution >= 4 is 23.5 Å². The average Bonchev–Trinajstić information content (AvgIpc) is 2.62. The third kappa shape index (κ3) is 3.56. The molecule has 1 aromatic carbocycles. The predicted octanol–water partition coefficient (Wildman–Crippen LogP) is 1.78. The number of allylic oxidation sites excluding steroid dienone is 1. The van der Waals surface area contributed by atoms with E-state index in [1.54, 1.807) is 43.3 Å². The van der Waals surface area contributed by atoms with E-state index >= 15 is 0 Å². The highest BCUT2D eigenvalue weighted by Crippen LogP contribution is 2.24. The summed E-state index contributed by atoms with van der Waals surface area (Å²) in [6.07, 6.45) is 5.05. The van der Waals surface area contributed by atoms with Crippen molar-refractivity contribution in [1.29, 1.82) is 0 Å². The molecule has 7 nitrogen and oxygen atoms in total. The summed E-state index contributed by atoms with van der Waals surface area (Å²) in [5.74, 6) is -2.21. The van der Waals surface area contributed by atoms with Gasteiger partial charge in [0.1, 0.15) is 0 Å². The van der Waals surface area contributed by atoms with Gasteiger partial charge in [0.15, 0.2) is 5.92 Å². The molecule has 2 fully saturated rings. The first-order valence-corrected chi connectivity index (χ1v) is 8.53. The summed E-state index contributed by atoms with van der Waals surface area (Å²) in [5.41, 5.74) is 4.14. The molecule has 25 heavy (non-hydrogen) atoms. The lowest BCUT2D eigenvalue weighted by Crippen LogP contribution is -2.60. The minimum atomic E-state index is -1.06. The van der Waals surface area contributed by atoms with Crippen LogP contribution in [0.2, 0.25) is 0 Å². The van der Waals surface area contributed by atoms with Crippen LogP contribution in [0.1, 0.15) is 26.2 Å². The number of carbonyl (C=O) groups is 3. The molecule has 0 aromatic heterocycles. The lowest BCUT2D eigenvalue weighted by molar-refractivity contribution is -0.133. The van der Waals surface area contributed by atoms with Gasteiger partial charge in [0.25, 0.3) is 5.91 Å². The number of anilines is 1. The van der Waals surface area contributed by atoms with Crippen molar-refractivity contribution < 1.29 is 14.4 Å². The summed E-state index contributed by atoms with van der Waals surface area (Å²) >= 11 is 0. The topological polar surface area (TPSA) is 81.8 Å². The molecule has 0 radical (unpaired) electrons. The quantitative estimate of drug-likeness (QED) is 0.815. The molecule has 1 atom stereocenters. The predicted molar refractivity (Wildman–Crippen MR) is 93.3 cm³/mol.